The van der Waals surface area contributed by atoms with Crippen molar-refractivity contribution < 1.29 is 9.59 Å². The molecule has 0 aliphatic heterocycles. The number of hydrazone groups is 2. The van der Waals surface area contributed by atoms with Crippen molar-refractivity contribution in [2.45, 2.75) is 25.7 Å². The maximum Gasteiger partial charge on any atom is 0.298 e. The standard InChI is InChI=1S/C10H16N4O2S2/c1-17-9(15)13-11-7-5-3-4-6-8(7)12-14-10(16)18-2/h3-6H2,1-2H3,(H,13,15)(H,14,16)/b11-7-,12-8-. The zero-order valence-electron chi connectivity index (χ0n) is 10.4. The minimum Gasteiger partial charge on any atom is -0.260 e. The molecule has 1 saturated carbocycles. The third kappa shape index (κ3) is 5.09. The first kappa shape index (κ1) is 15.0. The van der Waals surface area contributed by atoms with Gasteiger partial charge in [-0.05, 0) is 38.2 Å². The van der Waals surface area contributed by atoms with Crippen molar-refractivity contribution >= 4 is 45.4 Å². The molecule has 18 heavy (non-hydrogen) atoms. The summed E-state index contributed by atoms with van der Waals surface area (Å²) in [5.74, 6) is 0. The van der Waals surface area contributed by atoms with E-state index in [2.05, 4.69) is 21.1 Å². The summed E-state index contributed by atoms with van der Waals surface area (Å²) < 4.78 is 0. The van der Waals surface area contributed by atoms with Crippen molar-refractivity contribution in [3.63, 3.8) is 0 Å². The molecule has 0 atom stereocenters. The topological polar surface area (TPSA) is 82.9 Å². The first-order valence-corrected chi connectivity index (χ1v) is 7.93. The number of thioether (sulfide) groups is 2. The first-order valence-electron chi connectivity index (χ1n) is 5.48. The Balaban J connectivity index is 2.67. The van der Waals surface area contributed by atoms with Crippen molar-refractivity contribution in [1.29, 1.82) is 0 Å². The molecule has 1 rings (SSSR count). The van der Waals surface area contributed by atoms with E-state index < -0.39 is 0 Å². The van der Waals surface area contributed by atoms with Crippen molar-refractivity contribution in [3.05, 3.63) is 0 Å². The van der Waals surface area contributed by atoms with Gasteiger partial charge >= 0.3 is 0 Å². The van der Waals surface area contributed by atoms with Crippen LogP contribution in [0.5, 0.6) is 0 Å². The number of rotatable bonds is 2. The van der Waals surface area contributed by atoms with E-state index in [0.29, 0.717) is 0 Å². The van der Waals surface area contributed by atoms with Gasteiger partial charge in [0.2, 0.25) is 0 Å². The Kier molecular flexibility index (Phi) is 6.81. The fourth-order valence-electron chi connectivity index (χ4n) is 1.43. The SMILES string of the molecule is CSC(=O)N/N=C1/CCCC/C1=N/NC(=O)SC. The van der Waals surface area contributed by atoms with Crippen molar-refractivity contribution in [2.75, 3.05) is 12.5 Å². The molecule has 0 bridgehead atoms. The molecule has 8 heteroatoms. The zero-order valence-corrected chi connectivity index (χ0v) is 12.0. The molecule has 0 spiro atoms. The summed E-state index contributed by atoms with van der Waals surface area (Å²) in [6.45, 7) is 0. The first-order chi connectivity index (χ1) is 8.67. The van der Waals surface area contributed by atoms with Crippen LogP contribution in [0, 0.1) is 0 Å². The number of nitrogens with one attached hydrogen (secondary N) is 2. The fourth-order valence-corrected chi connectivity index (χ4v) is 1.71. The van der Waals surface area contributed by atoms with Gasteiger partial charge in [0.1, 0.15) is 0 Å². The van der Waals surface area contributed by atoms with Gasteiger partial charge in [-0.25, -0.2) is 10.9 Å². The van der Waals surface area contributed by atoms with Crippen LogP contribution in [-0.4, -0.2) is 34.4 Å². The van der Waals surface area contributed by atoms with Crippen molar-refractivity contribution in [2.24, 2.45) is 10.2 Å². The molecular formula is C10H16N4O2S2. The Morgan fingerprint density at radius 1 is 0.944 bits per heavy atom. The smallest absolute Gasteiger partial charge is 0.260 e. The van der Waals surface area contributed by atoms with E-state index in [4.69, 9.17) is 0 Å². The van der Waals surface area contributed by atoms with Gasteiger partial charge in [-0.2, -0.15) is 10.2 Å². The molecule has 0 unspecified atom stereocenters. The number of nitrogens with zero attached hydrogens (tertiary/aromatic N) is 2. The molecule has 2 N–H and O–H groups in total. The van der Waals surface area contributed by atoms with Crippen LogP contribution in [0.1, 0.15) is 25.7 Å². The van der Waals surface area contributed by atoms with Gasteiger partial charge in [0.25, 0.3) is 10.5 Å². The molecule has 1 aliphatic rings. The second kappa shape index (κ2) is 8.15. The van der Waals surface area contributed by atoms with Crippen molar-refractivity contribution in [1.82, 2.24) is 10.9 Å². The van der Waals surface area contributed by atoms with E-state index in [-0.39, 0.29) is 10.5 Å². The van der Waals surface area contributed by atoms with E-state index in [0.717, 1.165) is 60.6 Å². The predicted molar refractivity (Wildman–Crippen MR) is 77.4 cm³/mol. The second-order valence-electron chi connectivity index (χ2n) is 3.53. The average molecular weight is 288 g/mol. The van der Waals surface area contributed by atoms with Crippen LogP contribution in [0.25, 0.3) is 0 Å². The summed E-state index contributed by atoms with van der Waals surface area (Å²) in [6, 6.07) is 0. The molecule has 0 aromatic heterocycles. The van der Waals surface area contributed by atoms with E-state index >= 15 is 0 Å². The van der Waals surface area contributed by atoms with E-state index in [1.165, 1.54) is 0 Å². The van der Waals surface area contributed by atoms with Gasteiger partial charge in [0.15, 0.2) is 0 Å². The van der Waals surface area contributed by atoms with Gasteiger partial charge in [-0.3, -0.25) is 9.59 Å². The number of amides is 2. The highest BCUT2D eigenvalue weighted by Crippen LogP contribution is 2.13. The Hall–Kier alpha value is -1.02. The molecule has 1 fully saturated rings. The molecular weight excluding hydrogens is 272 g/mol. The van der Waals surface area contributed by atoms with E-state index in [9.17, 15) is 9.59 Å². The van der Waals surface area contributed by atoms with Crippen LogP contribution in [-0.2, 0) is 0 Å². The number of carbonyl (C=O) groups is 2. The number of hydrogen-bond acceptors (Lipinski definition) is 6. The van der Waals surface area contributed by atoms with E-state index in [1.54, 1.807) is 12.5 Å². The van der Waals surface area contributed by atoms with Gasteiger partial charge in [0, 0.05) is 0 Å². The fraction of sp³-hybridized carbons (Fsp3) is 0.600. The normalized spacial score (nSPS) is 19.9. The molecule has 100 valence electrons. The molecule has 0 aromatic rings. The van der Waals surface area contributed by atoms with Gasteiger partial charge in [0.05, 0.1) is 11.4 Å². The maximum atomic E-state index is 11.1. The Labute approximate surface area is 114 Å². The molecule has 1 aliphatic carbocycles. The number of hydrogen-bond donors (Lipinski definition) is 2. The molecule has 2 amide bonds. The van der Waals surface area contributed by atoms with Crippen molar-refractivity contribution in [3.8, 4) is 0 Å². The third-order valence-electron chi connectivity index (χ3n) is 2.35. The van der Waals surface area contributed by atoms with Gasteiger partial charge in [-0.15, -0.1) is 0 Å². The monoisotopic (exact) mass is 288 g/mol. The summed E-state index contributed by atoms with van der Waals surface area (Å²) in [4.78, 5) is 22.2. The minimum atomic E-state index is -0.208. The van der Waals surface area contributed by atoms with Gasteiger partial charge in [-0.1, -0.05) is 23.5 Å². The molecule has 6 nitrogen and oxygen atoms in total. The number of carbonyl (C=O) groups excluding carboxylic acids is 2. The lowest BCUT2D eigenvalue weighted by molar-refractivity contribution is 0.260. The van der Waals surface area contributed by atoms with Crippen LogP contribution < -0.4 is 10.9 Å². The lowest BCUT2D eigenvalue weighted by Crippen LogP contribution is -2.26. The van der Waals surface area contributed by atoms with Crippen LogP contribution in [0.2, 0.25) is 0 Å². The maximum absolute atomic E-state index is 11.1. The largest absolute Gasteiger partial charge is 0.298 e. The molecule has 0 radical (unpaired) electrons. The minimum absolute atomic E-state index is 0.208. The molecule has 0 aromatic carbocycles. The van der Waals surface area contributed by atoms with Crippen LogP contribution in [0.3, 0.4) is 0 Å². The van der Waals surface area contributed by atoms with Crippen LogP contribution in [0.15, 0.2) is 10.2 Å². The van der Waals surface area contributed by atoms with Gasteiger partial charge < -0.3 is 0 Å². The summed E-state index contributed by atoms with van der Waals surface area (Å²) in [7, 11) is 0. The average Bonchev–Trinajstić information content (AvgIpc) is 2.42. The summed E-state index contributed by atoms with van der Waals surface area (Å²) in [5, 5.41) is 7.68. The molecule has 0 heterocycles. The predicted octanol–water partition coefficient (Wildman–Crippen LogP) is 2.42. The van der Waals surface area contributed by atoms with E-state index in [1.807, 2.05) is 0 Å². The summed E-state index contributed by atoms with van der Waals surface area (Å²) >= 11 is 2.13. The summed E-state index contributed by atoms with van der Waals surface area (Å²) in [6.07, 6.45) is 6.94. The Bertz CT molecular complexity index is 346. The Morgan fingerprint density at radius 2 is 1.33 bits per heavy atom. The summed E-state index contributed by atoms with van der Waals surface area (Å²) in [5.41, 5.74) is 6.38. The highest BCUT2D eigenvalue weighted by molar-refractivity contribution is 8.13. The third-order valence-corrected chi connectivity index (χ3v) is 3.27. The highest BCUT2D eigenvalue weighted by atomic mass is 32.2. The quantitative estimate of drug-likeness (QED) is 0.764. The molecule has 0 saturated heterocycles. The van der Waals surface area contributed by atoms with Crippen LogP contribution in [0.4, 0.5) is 9.59 Å². The Morgan fingerprint density at radius 3 is 1.67 bits per heavy atom. The lowest BCUT2D eigenvalue weighted by atomic mass is 9.96. The lowest BCUT2D eigenvalue weighted by Gasteiger charge is -2.15. The second-order valence-corrected chi connectivity index (χ2v) is 5.09. The zero-order chi connectivity index (χ0) is 13.4. The highest BCUT2D eigenvalue weighted by Gasteiger charge is 2.16. The van der Waals surface area contributed by atoms with Crippen LogP contribution >= 0.6 is 23.5 Å².